The third kappa shape index (κ3) is 5.21. The van der Waals surface area contributed by atoms with Gasteiger partial charge in [-0.05, 0) is 49.9 Å². The summed E-state index contributed by atoms with van der Waals surface area (Å²) in [4.78, 5) is 14.7. The quantitative estimate of drug-likeness (QED) is 0.707. The Morgan fingerprint density at radius 2 is 2.19 bits per heavy atom. The van der Waals surface area contributed by atoms with Crippen molar-refractivity contribution in [2.75, 3.05) is 45.3 Å². The number of nitrogens with zero attached hydrogens (tertiary/aromatic N) is 1. The van der Waals surface area contributed by atoms with Crippen molar-refractivity contribution in [2.45, 2.75) is 50.7 Å². The monoisotopic (exact) mass is 376 g/mol. The predicted octanol–water partition coefficient (Wildman–Crippen LogP) is 3.07. The molecule has 6 nitrogen and oxygen atoms in total. The highest BCUT2D eigenvalue weighted by Gasteiger charge is 2.47. The molecule has 2 saturated heterocycles. The van der Waals surface area contributed by atoms with Gasteiger partial charge < -0.3 is 19.5 Å². The molecule has 1 spiro atoms. The van der Waals surface area contributed by atoms with E-state index >= 15 is 0 Å². The summed E-state index contributed by atoms with van der Waals surface area (Å²) in [5.74, 6) is 0.835. The van der Waals surface area contributed by atoms with Crippen molar-refractivity contribution < 1.29 is 19.0 Å². The van der Waals surface area contributed by atoms with Crippen LogP contribution in [0.2, 0.25) is 0 Å². The number of anilines is 1. The number of benzene rings is 1. The first-order valence-corrected chi connectivity index (χ1v) is 10.1. The number of carbonyl (C=O) groups excluding carboxylic acids is 1. The largest absolute Gasteiger partial charge is 0.494 e. The van der Waals surface area contributed by atoms with Crippen LogP contribution in [-0.4, -0.2) is 62.5 Å². The molecule has 2 fully saturated rings. The van der Waals surface area contributed by atoms with Crippen LogP contribution >= 0.6 is 0 Å². The Bertz CT molecular complexity index is 599. The van der Waals surface area contributed by atoms with E-state index in [2.05, 4.69) is 17.1 Å². The molecule has 0 aromatic heterocycles. The summed E-state index contributed by atoms with van der Waals surface area (Å²) < 4.78 is 17.4. The zero-order valence-corrected chi connectivity index (χ0v) is 16.5. The number of piperidine rings is 1. The van der Waals surface area contributed by atoms with Crippen LogP contribution in [0, 0.1) is 0 Å². The first-order valence-electron chi connectivity index (χ1n) is 10.1. The number of hydrogen-bond acceptors (Lipinski definition) is 5. The lowest BCUT2D eigenvalue weighted by Gasteiger charge is -2.44. The van der Waals surface area contributed by atoms with E-state index in [1.807, 2.05) is 24.3 Å². The number of carbonyl (C=O) groups is 1. The number of likely N-dealkylation sites (tertiary alicyclic amines) is 1. The number of hydrogen-bond donors (Lipinski definition) is 1. The molecule has 2 aliphatic heterocycles. The molecule has 0 saturated carbocycles. The van der Waals surface area contributed by atoms with Crippen molar-refractivity contribution in [3.63, 3.8) is 0 Å². The highest BCUT2D eigenvalue weighted by Crippen LogP contribution is 2.36. The lowest BCUT2D eigenvalue weighted by atomic mass is 9.87. The second-order valence-electron chi connectivity index (χ2n) is 7.52. The average Bonchev–Trinajstić information content (AvgIpc) is 3.12. The van der Waals surface area contributed by atoms with Crippen LogP contribution in [-0.2, 0) is 14.3 Å². The van der Waals surface area contributed by atoms with E-state index in [-0.39, 0.29) is 17.6 Å². The van der Waals surface area contributed by atoms with Gasteiger partial charge in [0.2, 0.25) is 5.91 Å². The Balaban J connectivity index is 1.49. The summed E-state index contributed by atoms with van der Waals surface area (Å²) in [6.07, 6.45) is 5.24. The average molecular weight is 376 g/mol. The van der Waals surface area contributed by atoms with Gasteiger partial charge in [-0.15, -0.1) is 0 Å². The van der Waals surface area contributed by atoms with E-state index in [0.717, 1.165) is 69.8 Å². The van der Waals surface area contributed by atoms with Crippen molar-refractivity contribution in [1.82, 2.24) is 4.90 Å². The number of ether oxygens (including phenoxy) is 3. The van der Waals surface area contributed by atoms with Gasteiger partial charge in [0.05, 0.1) is 19.3 Å². The van der Waals surface area contributed by atoms with Crippen molar-refractivity contribution >= 4 is 11.6 Å². The third-order valence-electron chi connectivity index (χ3n) is 5.48. The highest BCUT2D eigenvalue weighted by atomic mass is 16.6. The fourth-order valence-electron chi connectivity index (χ4n) is 4.06. The SMILES string of the molecule is CCCCOc1ccc(NC(=O)CN2CC[C@@H](OC)[C@@]3(CCCO3)C2)cc1. The van der Waals surface area contributed by atoms with Crippen LogP contribution in [0.3, 0.4) is 0 Å². The van der Waals surface area contributed by atoms with E-state index in [1.54, 1.807) is 7.11 Å². The maximum Gasteiger partial charge on any atom is 0.238 e. The topological polar surface area (TPSA) is 60.0 Å². The molecule has 2 heterocycles. The van der Waals surface area contributed by atoms with Crippen LogP contribution in [0.25, 0.3) is 0 Å². The Hall–Kier alpha value is -1.63. The molecule has 2 aliphatic rings. The van der Waals surface area contributed by atoms with E-state index < -0.39 is 0 Å². The number of amides is 1. The third-order valence-corrected chi connectivity index (χ3v) is 5.48. The van der Waals surface area contributed by atoms with Crippen LogP contribution in [0.1, 0.15) is 39.0 Å². The van der Waals surface area contributed by atoms with Crippen molar-refractivity contribution in [1.29, 1.82) is 0 Å². The molecule has 6 heteroatoms. The van der Waals surface area contributed by atoms with Crippen molar-refractivity contribution in [3.05, 3.63) is 24.3 Å². The molecular formula is C21H32N2O4. The van der Waals surface area contributed by atoms with Crippen molar-refractivity contribution in [2.24, 2.45) is 0 Å². The van der Waals surface area contributed by atoms with Gasteiger partial charge in [-0.2, -0.15) is 0 Å². The minimum absolute atomic E-state index is 0.00124. The molecule has 1 aromatic rings. The summed E-state index contributed by atoms with van der Waals surface area (Å²) in [5, 5.41) is 2.98. The standard InChI is InChI=1S/C21H32N2O4/c1-3-4-13-26-18-8-6-17(7-9-18)22-20(24)15-23-12-10-19(25-2)21(16-23)11-5-14-27-21/h6-9,19H,3-5,10-16H2,1-2H3,(H,22,24)/t19-,21-/m1/s1. The summed E-state index contributed by atoms with van der Waals surface area (Å²) in [6, 6.07) is 7.57. The van der Waals surface area contributed by atoms with E-state index in [9.17, 15) is 4.79 Å². The van der Waals surface area contributed by atoms with Crippen LogP contribution in [0.15, 0.2) is 24.3 Å². The molecule has 27 heavy (non-hydrogen) atoms. The number of methoxy groups -OCH3 is 1. The fourth-order valence-corrected chi connectivity index (χ4v) is 4.06. The minimum atomic E-state index is -0.245. The molecule has 1 amide bonds. The fraction of sp³-hybridized carbons (Fsp3) is 0.667. The Morgan fingerprint density at radius 1 is 1.37 bits per heavy atom. The highest BCUT2D eigenvalue weighted by molar-refractivity contribution is 5.92. The summed E-state index contributed by atoms with van der Waals surface area (Å²) >= 11 is 0. The van der Waals surface area contributed by atoms with Gasteiger partial charge in [0.1, 0.15) is 11.4 Å². The van der Waals surface area contributed by atoms with Gasteiger partial charge in [0.25, 0.3) is 0 Å². The molecule has 0 bridgehead atoms. The normalized spacial score (nSPS) is 25.6. The second kappa shape index (κ2) is 9.53. The Labute approximate surface area is 162 Å². The molecule has 1 aromatic carbocycles. The van der Waals surface area contributed by atoms with E-state index in [0.29, 0.717) is 6.54 Å². The molecular weight excluding hydrogens is 344 g/mol. The van der Waals surface area contributed by atoms with Gasteiger partial charge in [-0.25, -0.2) is 0 Å². The molecule has 3 rings (SSSR count). The van der Waals surface area contributed by atoms with Crippen LogP contribution in [0.4, 0.5) is 5.69 Å². The molecule has 2 atom stereocenters. The Morgan fingerprint density at radius 3 is 2.85 bits per heavy atom. The summed E-state index contributed by atoms with van der Waals surface area (Å²) in [7, 11) is 1.76. The zero-order chi connectivity index (χ0) is 19.1. The summed E-state index contributed by atoms with van der Waals surface area (Å²) in [6.45, 7) is 5.62. The molecule has 0 unspecified atom stereocenters. The Kier molecular flexibility index (Phi) is 7.10. The number of nitrogens with one attached hydrogen (secondary N) is 1. The van der Waals surface area contributed by atoms with Gasteiger partial charge >= 0.3 is 0 Å². The molecule has 1 N–H and O–H groups in total. The smallest absolute Gasteiger partial charge is 0.238 e. The lowest BCUT2D eigenvalue weighted by Crippen LogP contribution is -2.58. The second-order valence-corrected chi connectivity index (χ2v) is 7.52. The first-order chi connectivity index (χ1) is 13.1. The molecule has 0 radical (unpaired) electrons. The predicted molar refractivity (Wildman–Crippen MR) is 105 cm³/mol. The van der Waals surface area contributed by atoms with Gasteiger partial charge in [-0.3, -0.25) is 9.69 Å². The molecule has 0 aliphatic carbocycles. The minimum Gasteiger partial charge on any atom is -0.494 e. The molecule has 150 valence electrons. The maximum absolute atomic E-state index is 12.5. The summed E-state index contributed by atoms with van der Waals surface area (Å²) in [5.41, 5.74) is 0.548. The lowest BCUT2D eigenvalue weighted by molar-refractivity contribution is -0.146. The zero-order valence-electron chi connectivity index (χ0n) is 16.5. The first kappa shape index (κ1) is 20.1. The van der Waals surface area contributed by atoms with Gasteiger partial charge in [0.15, 0.2) is 0 Å². The van der Waals surface area contributed by atoms with Crippen molar-refractivity contribution in [3.8, 4) is 5.75 Å². The van der Waals surface area contributed by atoms with Crippen LogP contribution < -0.4 is 10.1 Å². The van der Waals surface area contributed by atoms with Gasteiger partial charge in [0, 0.05) is 32.5 Å². The van der Waals surface area contributed by atoms with Crippen LogP contribution in [0.5, 0.6) is 5.75 Å². The maximum atomic E-state index is 12.5. The van der Waals surface area contributed by atoms with Gasteiger partial charge in [-0.1, -0.05) is 13.3 Å². The number of rotatable bonds is 8. The van der Waals surface area contributed by atoms with E-state index in [4.69, 9.17) is 14.2 Å². The van der Waals surface area contributed by atoms with E-state index in [1.165, 1.54) is 0 Å². The number of unbranched alkanes of at least 4 members (excludes halogenated alkanes) is 1.